The average molecular weight is 454 g/mol. The van der Waals surface area contributed by atoms with Crippen LogP contribution in [0.4, 0.5) is 0 Å². The molecular weight excluding hydrogens is 426 g/mol. The maximum atomic E-state index is 5.84. The number of aromatic nitrogens is 3. The quantitative estimate of drug-likeness (QED) is 0.412. The van der Waals surface area contributed by atoms with Gasteiger partial charge in [-0.25, -0.2) is 0 Å². The van der Waals surface area contributed by atoms with Crippen LogP contribution in [0.2, 0.25) is 0 Å². The van der Waals surface area contributed by atoms with Gasteiger partial charge >= 0.3 is 0 Å². The number of nitrogens with one attached hydrogen (secondary N) is 1. The van der Waals surface area contributed by atoms with E-state index in [0.717, 1.165) is 16.4 Å². The van der Waals surface area contributed by atoms with Crippen molar-refractivity contribution in [2.24, 2.45) is 0 Å². The molecule has 2 atom stereocenters. The number of rotatable bonds is 5. The van der Waals surface area contributed by atoms with Crippen molar-refractivity contribution >= 4 is 17.3 Å². The summed E-state index contributed by atoms with van der Waals surface area (Å²) in [6.07, 6.45) is 5.55. The lowest BCUT2D eigenvalue weighted by Crippen LogP contribution is -2.29. The molecule has 6 heteroatoms. The van der Waals surface area contributed by atoms with E-state index in [0.29, 0.717) is 6.54 Å². The number of pyridine rings is 2. The summed E-state index contributed by atoms with van der Waals surface area (Å²) in [5.74, 6) is 0. The van der Waals surface area contributed by atoms with E-state index in [4.69, 9.17) is 12.2 Å². The van der Waals surface area contributed by atoms with E-state index in [1.807, 2.05) is 30.6 Å². The molecule has 0 amide bonds. The second-order valence-electron chi connectivity index (χ2n) is 8.61. The van der Waals surface area contributed by atoms with Gasteiger partial charge in [-0.05, 0) is 80.5 Å². The second-order valence-corrected chi connectivity index (χ2v) is 9.00. The molecule has 33 heavy (non-hydrogen) atoms. The van der Waals surface area contributed by atoms with E-state index in [9.17, 15) is 0 Å². The Labute approximate surface area is 200 Å². The Hall–Kier alpha value is -3.51. The molecule has 5 rings (SSSR count). The number of nitrogens with zero attached hydrogens (tertiary/aromatic N) is 4. The maximum Gasteiger partial charge on any atom is 0.170 e. The third-order valence-corrected chi connectivity index (χ3v) is 6.71. The number of aryl methyl sites for hydroxylation is 2. The summed E-state index contributed by atoms with van der Waals surface area (Å²) >= 11 is 5.84. The lowest BCUT2D eigenvalue weighted by atomic mass is 9.96. The van der Waals surface area contributed by atoms with Gasteiger partial charge in [0.05, 0.1) is 17.8 Å². The van der Waals surface area contributed by atoms with Gasteiger partial charge in [-0.2, -0.15) is 0 Å². The van der Waals surface area contributed by atoms with Gasteiger partial charge in [0, 0.05) is 42.2 Å². The molecule has 0 unspecified atom stereocenters. The largest absolute Gasteiger partial charge is 0.352 e. The van der Waals surface area contributed by atoms with Gasteiger partial charge < -0.3 is 14.8 Å². The lowest BCUT2D eigenvalue weighted by Gasteiger charge is -2.28. The van der Waals surface area contributed by atoms with Crippen LogP contribution in [0.25, 0.3) is 5.69 Å². The first-order valence-electron chi connectivity index (χ1n) is 11.2. The molecule has 1 fully saturated rings. The van der Waals surface area contributed by atoms with Crippen LogP contribution in [0.5, 0.6) is 0 Å². The highest BCUT2D eigenvalue weighted by Gasteiger charge is 2.41. The van der Waals surface area contributed by atoms with Gasteiger partial charge in [0.15, 0.2) is 5.11 Å². The summed E-state index contributed by atoms with van der Waals surface area (Å²) in [6.45, 7) is 7.16. The Morgan fingerprint density at radius 1 is 0.970 bits per heavy atom. The summed E-state index contributed by atoms with van der Waals surface area (Å²) in [5.41, 5.74) is 8.20. The first-order valence-corrected chi connectivity index (χ1v) is 11.6. The number of hydrogen-bond acceptors (Lipinski definition) is 3. The van der Waals surface area contributed by atoms with Crippen molar-refractivity contribution in [3.63, 3.8) is 0 Å². The third kappa shape index (κ3) is 4.02. The monoisotopic (exact) mass is 453 g/mol. The predicted octanol–water partition coefficient (Wildman–Crippen LogP) is 5.37. The van der Waals surface area contributed by atoms with Crippen molar-refractivity contribution in [3.8, 4) is 5.69 Å². The van der Waals surface area contributed by atoms with Crippen molar-refractivity contribution < 1.29 is 0 Å². The normalized spacial score (nSPS) is 17.9. The Kier molecular flexibility index (Phi) is 5.68. The molecule has 1 saturated heterocycles. The molecule has 0 radical (unpaired) electrons. The number of benzene rings is 1. The standard InChI is InChI=1S/C27H27N5S/c1-18-9-11-22(12-10-18)32-19(2)15-23(20(32)3)26-25(24-8-4-5-14-29-24)30-27(33)31(26)17-21-7-6-13-28-16-21/h4-16,25-26H,17H2,1-3H3,(H,30,33)/t25-,26-/m1/s1. The van der Waals surface area contributed by atoms with E-state index >= 15 is 0 Å². The van der Waals surface area contributed by atoms with Crippen LogP contribution in [-0.4, -0.2) is 24.5 Å². The van der Waals surface area contributed by atoms with Crippen LogP contribution in [0.3, 0.4) is 0 Å². The first-order chi connectivity index (χ1) is 16.0. The molecule has 5 nitrogen and oxygen atoms in total. The highest BCUT2D eigenvalue weighted by Crippen LogP contribution is 2.42. The molecule has 4 heterocycles. The molecule has 1 aliphatic rings. The maximum absolute atomic E-state index is 5.84. The Morgan fingerprint density at radius 3 is 2.48 bits per heavy atom. The molecular formula is C27H27N5S. The van der Waals surface area contributed by atoms with E-state index in [-0.39, 0.29) is 12.1 Å². The molecule has 4 aromatic rings. The Bertz CT molecular complexity index is 1270. The smallest absolute Gasteiger partial charge is 0.170 e. The molecule has 1 N–H and O–H groups in total. The molecule has 1 aromatic carbocycles. The number of thiocarbonyl (C=S) groups is 1. The zero-order chi connectivity index (χ0) is 22.9. The predicted molar refractivity (Wildman–Crippen MR) is 135 cm³/mol. The Balaban J connectivity index is 1.61. The van der Waals surface area contributed by atoms with Crippen LogP contribution in [0.1, 0.15) is 45.9 Å². The summed E-state index contributed by atoms with van der Waals surface area (Å²) in [6, 6.07) is 21.1. The molecule has 0 aliphatic carbocycles. The molecule has 0 saturated carbocycles. The third-order valence-electron chi connectivity index (χ3n) is 6.35. The summed E-state index contributed by atoms with van der Waals surface area (Å²) in [5, 5.41) is 4.29. The summed E-state index contributed by atoms with van der Waals surface area (Å²) in [7, 11) is 0. The fraction of sp³-hybridized carbons (Fsp3) is 0.222. The minimum absolute atomic E-state index is 0.0120. The molecule has 0 bridgehead atoms. The van der Waals surface area contributed by atoms with Crippen LogP contribution < -0.4 is 5.32 Å². The minimum atomic E-state index is -0.0395. The average Bonchev–Trinajstić information content (AvgIpc) is 3.31. The van der Waals surface area contributed by atoms with Gasteiger partial charge in [0.2, 0.25) is 0 Å². The zero-order valence-corrected chi connectivity index (χ0v) is 19.9. The topological polar surface area (TPSA) is 46.0 Å². The first kappa shape index (κ1) is 21.3. The molecule has 3 aromatic heterocycles. The van der Waals surface area contributed by atoms with Crippen molar-refractivity contribution in [1.82, 2.24) is 24.8 Å². The van der Waals surface area contributed by atoms with Gasteiger partial charge in [0.1, 0.15) is 0 Å². The van der Waals surface area contributed by atoms with E-state index in [1.165, 1.54) is 28.2 Å². The van der Waals surface area contributed by atoms with Gasteiger partial charge in [-0.15, -0.1) is 0 Å². The van der Waals surface area contributed by atoms with Gasteiger partial charge in [-0.3, -0.25) is 9.97 Å². The van der Waals surface area contributed by atoms with Gasteiger partial charge in [0.25, 0.3) is 0 Å². The highest BCUT2D eigenvalue weighted by atomic mass is 32.1. The lowest BCUT2D eigenvalue weighted by molar-refractivity contribution is 0.310. The number of hydrogen-bond donors (Lipinski definition) is 1. The van der Waals surface area contributed by atoms with Crippen molar-refractivity contribution in [3.05, 3.63) is 113 Å². The van der Waals surface area contributed by atoms with Crippen LogP contribution >= 0.6 is 12.2 Å². The van der Waals surface area contributed by atoms with Crippen molar-refractivity contribution in [2.45, 2.75) is 39.4 Å². The minimum Gasteiger partial charge on any atom is -0.352 e. The summed E-state index contributed by atoms with van der Waals surface area (Å²) < 4.78 is 2.33. The van der Waals surface area contributed by atoms with E-state index in [1.54, 1.807) is 6.20 Å². The van der Waals surface area contributed by atoms with Crippen molar-refractivity contribution in [1.29, 1.82) is 0 Å². The fourth-order valence-electron chi connectivity index (χ4n) is 4.78. The van der Waals surface area contributed by atoms with Crippen LogP contribution in [0, 0.1) is 20.8 Å². The Morgan fingerprint density at radius 2 is 1.79 bits per heavy atom. The van der Waals surface area contributed by atoms with Crippen LogP contribution in [0.15, 0.2) is 79.3 Å². The summed E-state index contributed by atoms with van der Waals surface area (Å²) in [4.78, 5) is 11.2. The fourth-order valence-corrected chi connectivity index (χ4v) is 5.09. The zero-order valence-electron chi connectivity index (χ0n) is 19.1. The molecule has 0 spiro atoms. The SMILES string of the molecule is Cc1ccc(-n2c(C)cc([C@@H]3[C@@H](c4ccccn4)NC(=S)N3Cc3cccnc3)c2C)cc1. The van der Waals surface area contributed by atoms with Crippen molar-refractivity contribution in [2.75, 3.05) is 0 Å². The highest BCUT2D eigenvalue weighted by molar-refractivity contribution is 7.80. The van der Waals surface area contributed by atoms with Crippen LogP contribution in [-0.2, 0) is 6.54 Å². The molecule has 166 valence electrons. The molecule has 1 aliphatic heterocycles. The van der Waals surface area contributed by atoms with E-state index in [2.05, 4.69) is 88.0 Å². The second kappa shape index (κ2) is 8.79. The van der Waals surface area contributed by atoms with Gasteiger partial charge in [-0.1, -0.05) is 29.8 Å². The van der Waals surface area contributed by atoms with E-state index < -0.39 is 0 Å².